The first-order valence-corrected chi connectivity index (χ1v) is 8.19. The Morgan fingerprint density at radius 3 is 2.63 bits per heavy atom. The van der Waals surface area contributed by atoms with Crippen LogP contribution in [0.2, 0.25) is 0 Å². The zero-order valence-electron chi connectivity index (χ0n) is 11.7. The number of hydrogen-bond donors (Lipinski definition) is 0. The molecule has 1 aromatic rings. The second-order valence-electron chi connectivity index (χ2n) is 5.55. The van der Waals surface area contributed by atoms with Crippen LogP contribution in [-0.2, 0) is 10.0 Å². The van der Waals surface area contributed by atoms with E-state index in [2.05, 4.69) is 0 Å². The van der Waals surface area contributed by atoms with Crippen molar-refractivity contribution >= 4 is 10.0 Å². The zero-order valence-corrected chi connectivity index (χ0v) is 12.5. The fraction of sp³-hybridized carbons (Fsp3) is 0.571. The Bertz CT molecular complexity index is 533. The van der Waals surface area contributed by atoms with Gasteiger partial charge >= 0.3 is 0 Å². The topological polar surface area (TPSA) is 46.6 Å². The third-order valence-corrected chi connectivity index (χ3v) is 5.22. The summed E-state index contributed by atoms with van der Waals surface area (Å²) in [6.07, 6.45) is -0.0243. The molecule has 1 aliphatic rings. The van der Waals surface area contributed by atoms with Gasteiger partial charge in [0.15, 0.2) is 0 Å². The van der Waals surface area contributed by atoms with Crippen LogP contribution in [0.15, 0.2) is 24.3 Å². The first-order valence-electron chi connectivity index (χ1n) is 6.58. The van der Waals surface area contributed by atoms with Gasteiger partial charge in [-0.3, -0.25) is 0 Å². The molecule has 0 N–H and O–H groups in total. The van der Waals surface area contributed by atoms with Gasteiger partial charge in [-0.25, -0.2) is 8.42 Å². The Hall–Kier alpha value is -1.07. The van der Waals surface area contributed by atoms with Crippen LogP contribution in [0.5, 0.6) is 5.75 Å². The summed E-state index contributed by atoms with van der Waals surface area (Å²) in [6, 6.07) is 7.81. The van der Waals surface area contributed by atoms with Crippen LogP contribution in [0, 0.1) is 12.8 Å². The lowest BCUT2D eigenvalue weighted by Crippen LogP contribution is -2.56. The van der Waals surface area contributed by atoms with Gasteiger partial charge in [0.2, 0.25) is 10.0 Å². The predicted molar refractivity (Wildman–Crippen MR) is 75.8 cm³/mol. The summed E-state index contributed by atoms with van der Waals surface area (Å²) in [7, 11) is -3.10. The molecule has 0 saturated carbocycles. The van der Waals surface area contributed by atoms with Crippen molar-refractivity contribution in [3.63, 3.8) is 0 Å². The molecule has 0 amide bonds. The second-order valence-corrected chi connectivity index (χ2v) is 7.56. The van der Waals surface area contributed by atoms with Gasteiger partial charge in [-0.05, 0) is 30.5 Å². The monoisotopic (exact) mass is 283 g/mol. The Morgan fingerprint density at radius 1 is 1.37 bits per heavy atom. The van der Waals surface area contributed by atoms with E-state index in [1.165, 1.54) is 4.31 Å². The van der Waals surface area contributed by atoms with Gasteiger partial charge in [0.1, 0.15) is 11.9 Å². The van der Waals surface area contributed by atoms with E-state index in [1.807, 2.05) is 45.0 Å². The molecule has 1 fully saturated rings. The van der Waals surface area contributed by atoms with Crippen molar-refractivity contribution in [3.05, 3.63) is 29.8 Å². The maximum Gasteiger partial charge on any atom is 0.214 e. The highest BCUT2D eigenvalue weighted by Crippen LogP contribution is 2.22. The van der Waals surface area contributed by atoms with Gasteiger partial charge in [-0.2, -0.15) is 4.31 Å². The molecule has 1 aromatic carbocycles. The maximum atomic E-state index is 11.9. The molecule has 0 unspecified atom stereocenters. The molecule has 0 aliphatic carbocycles. The minimum absolute atomic E-state index is 0.0243. The van der Waals surface area contributed by atoms with Crippen molar-refractivity contribution in [3.8, 4) is 5.75 Å². The highest BCUT2D eigenvalue weighted by molar-refractivity contribution is 7.89. The number of benzene rings is 1. The van der Waals surface area contributed by atoms with Crippen LogP contribution >= 0.6 is 0 Å². The van der Waals surface area contributed by atoms with Crippen LogP contribution in [-0.4, -0.2) is 37.7 Å². The van der Waals surface area contributed by atoms with Crippen LogP contribution in [0.25, 0.3) is 0 Å². The number of nitrogens with zero attached hydrogens (tertiary/aromatic N) is 1. The van der Waals surface area contributed by atoms with Gasteiger partial charge in [0.25, 0.3) is 0 Å². The standard InChI is InChI=1S/C14H21NO3S/c1-11(2)10-19(16,17)15-8-14(9-15)18-13-6-4-5-12(3)7-13/h4-7,11,14H,8-10H2,1-3H3. The van der Waals surface area contributed by atoms with E-state index in [-0.39, 0.29) is 17.8 Å². The fourth-order valence-corrected chi connectivity index (χ4v) is 3.95. The molecule has 19 heavy (non-hydrogen) atoms. The van der Waals surface area contributed by atoms with E-state index in [1.54, 1.807) is 0 Å². The van der Waals surface area contributed by atoms with Crippen LogP contribution < -0.4 is 4.74 Å². The van der Waals surface area contributed by atoms with E-state index in [0.717, 1.165) is 11.3 Å². The SMILES string of the molecule is Cc1cccc(OC2CN(S(=O)(=O)CC(C)C)C2)c1. The molecule has 5 heteroatoms. The van der Waals surface area contributed by atoms with E-state index in [4.69, 9.17) is 4.74 Å². The third kappa shape index (κ3) is 3.70. The Morgan fingerprint density at radius 2 is 2.05 bits per heavy atom. The Labute approximate surface area is 115 Å². The Kier molecular flexibility index (Phi) is 4.16. The molecule has 0 aromatic heterocycles. The summed E-state index contributed by atoms with van der Waals surface area (Å²) in [5.74, 6) is 1.18. The van der Waals surface area contributed by atoms with E-state index in [0.29, 0.717) is 13.1 Å². The number of sulfonamides is 1. The summed E-state index contributed by atoms with van der Waals surface area (Å²) in [5, 5.41) is 0. The molecular weight excluding hydrogens is 262 g/mol. The van der Waals surface area contributed by atoms with Crippen LogP contribution in [0.1, 0.15) is 19.4 Å². The predicted octanol–water partition coefficient (Wildman–Crippen LogP) is 2.04. The van der Waals surface area contributed by atoms with Crippen LogP contribution in [0.4, 0.5) is 0 Å². The lowest BCUT2D eigenvalue weighted by molar-refractivity contribution is 0.0760. The molecule has 1 saturated heterocycles. The van der Waals surface area contributed by atoms with Gasteiger partial charge in [-0.1, -0.05) is 26.0 Å². The van der Waals surface area contributed by atoms with Crippen LogP contribution in [0.3, 0.4) is 0 Å². The summed E-state index contributed by atoms with van der Waals surface area (Å²) in [5.41, 5.74) is 1.14. The minimum Gasteiger partial charge on any atom is -0.488 e. The second kappa shape index (κ2) is 5.51. The zero-order chi connectivity index (χ0) is 14.0. The summed E-state index contributed by atoms with van der Waals surface area (Å²) in [4.78, 5) is 0. The van der Waals surface area contributed by atoms with E-state index < -0.39 is 10.0 Å². The lowest BCUT2D eigenvalue weighted by atomic mass is 10.2. The highest BCUT2D eigenvalue weighted by atomic mass is 32.2. The first-order chi connectivity index (χ1) is 8.87. The number of aryl methyl sites for hydroxylation is 1. The van der Waals surface area contributed by atoms with Crippen molar-refractivity contribution in [2.24, 2.45) is 5.92 Å². The number of hydrogen-bond acceptors (Lipinski definition) is 3. The molecular formula is C14H21NO3S. The van der Waals surface area contributed by atoms with Gasteiger partial charge < -0.3 is 4.74 Å². The van der Waals surface area contributed by atoms with E-state index in [9.17, 15) is 8.42 Å². The van der Waals surface area contributed by atoms with Crippen molar-refractivity contribution in [1.82, 2.24) is 4.31 Å². The summed E-state index contributed by atoms with van der Waals surface area (Å²) >= 11 is 0. The van der Waals surface area contributed by atoms with E-state index >= 15 is 0 Å². The highest BCUT2D eigenvalue weighted by Gasteiger charge is 2.37. The van der Waals surface area contributed by atoms with Crippen molar-refractivity contribution in [2.45, 2.75) is 26.9 Å². The van der Waals surface area contributed by atoms with Crippen molar-refractivity contribution < 1.29 is 13.2 Å². The Balaban J connectivity index is 1.87. The first kappa shape index (κ1) is 14.3. The average molecular weight is 283 g/mol. The molecule has 0 atom stereocenters. The molecule has 1 aliphatic heterocycles. The summed E-state index contributed by atoms with van der Waals surface area (Å²) < 4.78 is 31.2. The quantitative estimate of drug-likeness (QED) is 0.831. The maximum absolute atomic E-state index is 11.9. The smallest absolute Gasteiger partial charge is 0.214 e. The van der Waals surface area contributed by atoms with Crippen molar-refractivity contribution in [1.29, 1.82) is 0 Å². The number of ether oxygens (including phenoxy) is 1. The molecule has 106 valence electrons. The molecule has 1 heterocycles. The normalized spacial score (nSPS) is 17.5. The van der Waals surface area contributed by atoms with Crippen molar-refractivity contribution in [2.75, 3.05) is 18.8 Å². The van der Waals surface area contributed by atoms with Gasteiger partial charge in [0.05, 0.1) is 18.8 Å². The molecule has 0 radical (unpaired) electrons. The van der Waals surface area contributed by atoms with Gasteiger partial charge in [0, 0.05) is 0 Å². The lowest BCUT2D eigenvalue weighted by Gasteiger charge is -2.38. The number of rotatable bonds is 5. The van der Waals surface area contributed by atoms with Gasteiger partial charge in [-0.15, -0.1) is 0 Å². The molecule has 0 bridgehead atoms. The molecule has 2 rings (SSSR count). The summed E-state index contributed by atoms with van der Waals surface area (Å²) in [6.45, 7) is 6.76. The third-order valence-electron chi connectivity index (χ3n) is 3.04. The molecule has 0 spiro atoms. The largest absolute Gasteiger partial charge is 0.488 e. The minimum atomic E-state index is -3.10. The average Bonchev–Trinajstić information content (AvgIpc) is 2.20. The fourth-order valence-electron chi connectivity index (χ4n) is 2.11. The molecule has 4 nitrogen and oxygen atoms in total.